The van der Waals surface area contributed by atoms with E-state index in [-0.39, 0.29) is 0 Å². The molecule has 0 aromatic carbocycles. The van der Waals surface area contributed by atoms with Gasteiger partial charge in [-0.1, -0.05) is 12.8 Å². The largest absolute Gasteiger partial charge is 0.383 e. The minimum atomic E-state index is 0.539. The number of methoxy groups -OCH3 is 1. The normalized spacial score (nSPS) is 31.3. The van der Waals surface area contributed by atoms with Gasteiger partial charge < -0.3 is 14.8 Å². The van der Waals surface area contributed by atoms with E-state index in [0.29, 0.717) is 6.10 Å². The van der Waals surface area contributed by atoms with Gasteiger partial charge in [0, 0.05) is 32.7 Å². The summed E-state index contributed by atoms with van der Waals surface area (Å²) in [6.07, 6.45) is 7.38. The van der Waals surface area contributed by atoms with Gasteiger partial charge in [-0.2, -0.15) is 0 Å². The Morgan fingerprint density at radius 1 is 1.25 bits per heavy atom. The Labute approximate surface area is 98.9 Å². The van der Waals surface area contributed by atoms with Gasteiger partial charge in [-0.3, -0.25) is 0 Å². The summed E-state index contributed by atoms with van der Waals surface area (Å²) in [5.41, 5.74) is 0. The molecule has 2 fully saturated rings. The lowest BCUT2D eigenvalue weighted by Gasteiger charge is -2.24. The highest BCUT2D eigenvalue weighted by Gasteiger charge is 2.35. The fourth-order valence-electron chi connectivity index (χ4n) is 3.14. The van der Waals surface area contributed by atoms with E-state index >= 15 is 0 Å². The van der Waals surface area contributed by atoms with Crippen LogP contribution in [0.5, 0.6) is 0 Å². The number of nitrogens with one attached hydrogen (secondary N) is 1. The molecule has 1 saturated carbocycles. The van der Waals surface area contributed by atoms with Gasteiger partial charge in [-0.25, -0.2) is 0 Å². The molecule has 2 aliphatic rings. The molecule has 1 aliphatic heterocycles. The molecule has 0 radical (unpaired) electrons. The second-order valence-electron chi connectivity index (χ2n) is 5.13. The van der Waals surface area contributed by atoms with Crippen LogP contribution in [0.2, 0.25) is 0 Å². The third-order valence-corrected chi connectivity index (χ3v) is 4.02. The standard InChI is InChI=1S/C13H25NO2/c1-15-9-7-14-10-12-6-8-16-13(12)11-4-2-3-5-11/h11-14H,2-10H2,1H3. The van der Waals surface area contributed by atoms with E-state index in [1.165, 1.54) is 32.1 Å². The van der Waals surface area contributed by atoms with E-state index in [9.17, 15) is 0 Å². The van der Waals surface area contributed by atoms with Crippen LogP contribution in [0, 0.1) is 11.8 Å². The molecular weight excluding hydrogens is 202 g/mol. The predicted octanol–water partition coefficient (Wildman–Crippen LogP) is 1.82. The summed E-state index contributed by atoms with van der Waals surface area (Å²) in [6, 6.07) is 0. The molecule has 1 saturated heterocycles. The van der Waals surface area contributed by atoms with Crippen molar-refractivity contribution in [2.75, 3.05) is 33.4 Å². The zero-order chi connectivity index (χ0) is 11.2. The van der Waals surface area contributed by atoms with Crippen LogP contribution in [0.3, 0.4) is 0 Å². The van der Waals surface area contributed by atoms with Gasteiger partial charge in [0.1, 0.15) is 0 Å². The lowest BCUT2D eigenvalue weighted by Crippen LogP contribution is -2.33. The maximum Gasteiger partial charge on any atom is 0.0644 e. The van der Waals surface area contributed by atoms with Crippen molar-refractivity contribution in [1.29, 1.82) is 0 Å². The molecule has 2 atom stereocenters. The predicted molar refractivity (Wildman–Crippen MR) is 64.6 cm³/mol. The summed E-state index contributed by atoms with van der Waals surface area (Å²) in [5.74, 6) is 1.58. The lowest BCUT2D eigenvalue weighted by atomic mass is 9.89. The molecule has 0 bridgehead atoms. The molecule has 3 heteroatoms. The minimum absolute atomic E-state index is 0.539. The molecule has 0 amide bonds. The van der Waals surface area contributed by atoms with Gasteiger partial charge in [0.05, 0.1) is 12.7 Å². The fourth-order valence-corrected chi connectivity index (χ4v) is 3.14. The number of ether oxygens (including phenoxy) is 2. The average molecular weight is 227 g/mol. The summed E-state index contributed by atoms with van der Waals surface area (Å²) in [4.78, 5) is 0. The summed E-state index contributed by atoms with van der Waals surface area (Å²) < 4.78 is 11.0. The van der Waals surface area contributed by atoms with Gasteiger partial charge in [0.2, 0.25) is 0 Å². The van der Waals surface area contributed by atoms with Gasteiger partial charge in [0.25, 0.3) is 0 Å². The van der Waals surface area contributed by atoms with E-state index < -0.39 is 0 Å². The average Bonchev–Trinajstić information content (AvgIpc) is 2.94. The van der Waals surface area contributed by atoms with Crippen LogP contribution in [0.4, 0.5) is 0 Å². The van der Waals surface area contributed by atoms with Gasteiger partial charge in [0.15, 0.2) is 0 Å². The summed E-state index contributed by atoms with van der Waals surface area (Å²) in [5, 5.41) is 3.48. The van der Waals surface area contributed by atoms with E-state index in [2.05, 4.69) is 5.32 Å². The molecule has 2 unspecified atom stereocenters. The van der Waals surface area contributed by atoms with Crippen LogP contribution in [-0.2, 0) is 9.47 Å². The molecule has 1 heterocycles. The lowest BCUT2D eigenvalue weighted by molar-refractivity contribution is 0.0433. The highest BCUT2D eigenvalue weighted by molar-refractivity contribution is 4.86. The summed E-state index contributed by atoms with van der Waals surface area (Å²) >= 11 is 0. The monoisotopic (exact) mass is 227 g/mol. The van der Waals surface area contributed by atoms with Crippen molar-refractivity contribution in [2.45, 2.75) is 38.2 Å². The number of hydrogen-bond donors (Lipinski definition) is 1. The van der Waals surface area contributed by atoms with E-state index in [0.717, 1.165) is 38.1 Å². The zero-order valence-electron chi connectivity index (χ0n) is 10.4. The van der Waals surface area contributed by atoms with Crippen molar-refractivity contribution in [3.05, 3.63) is 0 Å². The van der Waals surface area contributed by atoms with Crippen LogP contribution < -0.4 is 5.32 Å². The van der Waals surface area contributed by atoms with Crippen molar-refractivity contribution in [1.82, 2.24) is 5.32 Å². The molecule has 0 spiro atoms. The minimum Gasteiger partial charge on any atom is -0.383 e. The maximum absolute atomic E-state index is 5.94. The quantitative estimate of drug-likeness (QED) is 0.702. The van der Waals surface area contributed by atoms with E-state index in [4.69, 9.17) is 9.47 Å². The Hall–Kier alpha value is -0.120. The zero-order valence-corrected chi connectivity index (χ0v) is 10.4. The van der Waals surface area contributed by atoms with Crippen LogP contribution in [0.15, 0.2) is 0 Å². The van der Waals surface area contributed by atoms with Crippen LogP contribution in [-0.4, -0.2) is 39.5 Å². The molecule has 1 N–H and O–H groups in total. The molecule has 3 nitrogen and oxygen atoms in total. The molecule has 0 aromatic rings. The fraction of sp³-hybridized carbons (Fsp3) is 1.00. The van der Waals surface area contributed by atoms with Crippen LogP contribution >= 0.6 is 0 Å². The van der Waals surface area contributed by atoms with Crippen molar-refractivity contribution in [3.8, 4) is 0 Å². The second-order valence-corrected chi connectivity index (χ2v) is 5.13. The van der Waals surface area contributed by atoms with Crippen molar-refractivity contribution in [2.24, 2.45) is 11.8 Å². The number of hydrogen-bond acceptors (Lipinski definition) is 3. The van der Waals surface area contributed by atoms with Crippen molar-refractivity contribution in [3.63, 3.8) is 0 Å². The van der Waals surface area contributed by atoms with Gasteiger partial charge in [-0.15, -0.1) is 0 Å². The first-order valence-corrected chi connectivity index (χ1v) is 6.73. The Balaban J connectivity index is 1.70. The third-order valence-electron chi connectivity index (χ3n) is 4.02. The second kappa shape index (κ2) is 6.58. The smallest absolute Gasteiger partial charge is 0.0644 e. The van der Waals surface area contributed by atoms with Crippen molar-refractivity contribution < 1.29 is 9.47 Å². The Morgan fingerprint density at radius 2 is 2.06 bits per heavy atom. The number of rotatable bonds is 6. The van der Waals surface area contributed by atoms with Crippen LogP contribution in [0.25, 0.3) is 0 Å². The van der Waals surface area contributed by atoms with Crippen molar-refractivity contribution >= 4 is 0 Å². The van der Waals surface area contributed by atoms with E-state index in [1.807, 2.05) is 0 Å². The summed E-state index contributed by atoms with van der Waals surface area (Å²) in [7, 11) is 1.75. The highest BCUT2D eigenvalue weighted by Crippen LogP contribution is 2.36. The topological polar surface area (TPSA) is 30.5 Å². The third kappa shape index (κ3) is 3.19. The molecule has 0 aromatic heterocycles. The van der Waals surface area contributed by atoms with Crippen LogP contribution in [0.1, 0.15) is 32.1 Å². The maximum atomic E-state index is 5.94. The molecule has 94 valence electrons. The Morgan fingerprint density at radius 3 is 2.81 bits per heavy atom. The molecule has 16 heavy (non-hydrogen) atoms. The first-order chi connectivity index (χ1) is 7.92. The Bertz CT molecular complexity index is 192. The molecule has 2 rings (SSSR count). The Kier molecular flexibility index (Phi) is 5.07. The highest BCUT2D eigenvalue weighted by atomic mass is 16.5. The van der Waals surface area contributed by atoms with E-state index in [1.54, 1.807) is 7.11 Å². The first-order valence-electron chi connectivity index (χ1n) is 6.73. The van der Waals surface area contributed by atoms with Gasteiger partial charge >= 0.3 is 0 Å². The van der Waals surface area contributed by atoms with Gasteiger partial charge in [-0.05, 0) is 25.2 Å². The molecular formula is C13H25NO2. The first kappa shape index (κ1) is 12.3. The summed E-state index contributed by atoms with van der Waals surface area (Å²) in [6.45, 7) is 3.84. The molecule has 1 aliphatic carbocycles. The SMILES string of the molecule is COCCNCC1CCOC1C1CCCC1.